The Morgan fingerprint density at radius 3 is 2.00 bits per heavy atom. The number of amidine groups is 1. The van der Waals surface area contributed by atoms with Gasteiger partial charge in [0.05, 0.1) is 0 Å². The second-order valence-electron chi connectivity index (χ2n) is 5.36. The van der Waals surface area contributed by atoms with Gasteiger partial charge in [0.1, 0.15) is 23.0 Å². The third-order valence-corrected chi connectivity index (χ3v) is 3.94. The zero-order chi connectivity index (χ0) is 15.9. The summed E-state index contributed by atoms with van der Waals surface area (Å²) >= 11 is 0. The van der Waals surface area contributed by atoms with Gasteiger partial charge in [-0.25, -0.2) is 8.78 Å². The lowest BCUT2D eigenvalue weighted by Crippen LogP contribution is -2.46. The fraction of sp³-hybridized carbons (Fsp3) is 0.176. The molecule has 5 heteroatoms. The molecule has 1 aliphatic rings. The standard InChI is InChI=1S/C17H14F2N2O/c1-11-20-16(22)17(2,12-3-5-13(18)6-4-12)21(11)15-9-7-14(19)8-10-15/h3-10H,1-2H3. The molecule has 0 saturated heterocycles. The number of anilines is 1. The second-order valence-corrected chi connectivity index (χ2v) is 5.36. The first kappa shape index (κ1) is 14.4. The van der Waals surface area contributed by atoms with Crippen molar-refractivity contribution in [2.45, 2.75) is 19.4 Å². The zero-order valence-corrected chi connectivity index (χ0v) is 12.2. The quantitative estimate of drug-likeness (QED) is 0.848. The number of hydrogen-bond acceptors (Lipinski definition) is 2. The van der Waals surface area contributed by atoms with Crippen molar-refractivity contribution >= 4 is 17.4 Å². The molecule has 0 spiro atoms. The normalized spacial score (nSPS) is 21.2. The number of benzene rings is 2. The lowest BCUT2D eigenvalue weighted by molar-refractivity contribution is -0.121. The van der Waals surface area contributed by atoms with Gasteiger partial charge in [0.25, 0.3) is 5.91 Å². The van der Waals surface area contributed by atoms with Gasteiger partial charge in [0, 0.05) is 5.69 Å². The van der Waals surface area contributed by atoms with Crippen LogP contribution in [0, 0.1) is 11.6 Å². The Balaban J connectivity index is 2.13. The fourth-order valence-electron chi connectivity index (χ4n) is 2.79. The lowest BCUT2D eigenvalue weighted by atomic mass is 9.89. The largest absolute Gasteiger partial charge is 0.311 e. The average molecular weight is 300 g/mol. The molecule has 112 valence electrons. The van der Waals surface area contributed by atoms with Gasteiger partial charge in [-0.15, -0.1) is 0 Å². The summed E-state index contributed by atoms with van der Waals surface area (Å²) in [7, 11) is 0. The summed E-state index contributed by atoms with van der Waals surface area (Å²) in [4.78, 5) is 18.2. The number of amides is 1. The van der Waals surface area contributed by atoms with E-state index < -0.39 is 5.54 Å². The predicted octanol–water partition coefficient (Wildman–Crippen LogP) is 3.65. The Morgan fingerprint density at radius 2 is 1.45 bits per heavy atom. The molecule has 3 nitrogen and oxygen atoms in total. The summed E-state index contributed by atoms with van der Waals surface area (Å²) in [6.45, 7) is 3.45. The van der Waals surface area contributed by atoms with Gasteiger partial charge in [0.2, 0.25) is 0 Å². The van der Waals surface area contributed by atoms with Gasteiger partial charge in [0.15, 0.2) is 0 Å². The van der Waals surface area contributed by atoms with Crippen LogP contribution in [0.25, 0.3) is 0 Å². The van der Waals surface area contributed by atoms with Gasteiger partial charge in [-0.2, -0.15) is 4.99 Å². The summed E-state index contributed by atoms with van der Waals surface area (Å²) in [5.41, 5.74) is 0.208. The van der Waals surface area contributed by atoms with E-state index >= 15 is 0 Å². The molecule has 2 aromatic rings. The Kier molecular flexibility index (Phi) is 3.28. The summed E-state index contributed by atoms with van der Waals surface area (Å²) in [5.74, 6) is -0.541. The highest BCUT2D eigenvalue weighted by atomic mass is 19.1. The molecule has 1 amide bonds. The van der Waals surface area contributed by atoms with Gasteiger partial charge in [-0.1, -0.05) is 12.1 Å². The molecular weight excluding hydrogens is 286 g/mol. The van der Waals surface area contributed by atoms with Crippen molar-refractivity contribution in [3.8, 4) is 0 Å². The minimum atomic E-state index is -1.07. The van der Waals surface area contributed by atoms with Crippen molar-refractivity contribution in [2.24, 2.45) is 4.99 Å². The Hall–Kier alpha value is -2.56. The molecule has 1 aliphatic heterocycles. The maximum absolute atomic E-state index is 13.2. The molecule has 22 heavy (non-hydrogen) atoms. The number of nitrogens with zero attached hydrogens (tertiary/aromatic N) is 2. The lowest BCUT2D eigenvalue weighted by Gasteiger charge is -2.35. The molecule has 0 aliphatic carbocycles. The molecule has 0 N–H and O–H groups in total. The van der Waals surface area contributed by atoms with E-state index in [2.05, 4.69) is 4.99 Å². The van der Waals surface area contributed by atoms with Crippen molar-refractivity contribution in [1.82, 2.24) is 0 Å². The van der Waals surface area contributed by atoms with Crippen molar-refractivity contribution in [3.05, 3.63) is 65.7 Å². The van der Waals surface area contributed by atoms with Crippen LogP contribution in [0.4, 0.5) is 14.5 Å². The van der Waals surface area contributed by atoms with Crippen molar-refractivity contribution in [3.63, 3.8) is 0 Å². The van der Waals surface area contributed by atoms with Crippen LogP contribution in [-0.2, 0) is 10.3 Å². The van der Waals surface area contributed by atoms with Crippen molar-refractivity contribution in [2.75, 3.05) is 4.90 Å². The van der Waals surface area contributed by atoms with Gasteiger partial charge in [-0.05, 0) is 55.8 Å². The van der Waals surface area contributed by atoms with Gasteiger partial charge in [-0.3, -0.25) is 4.79 Å². The molecule has 0 saturated carbocycles. The second kappa shape index (κ2) is 5.02. The Labute approximate surface area is 126 Å². The minimum Gasteiger partial charge on any atom is -0.311 e. The molecule has 0 aromatic heterocycles. The number of carbonyl (C=O) groups excluding carboxylic acids is 1. The topological polar surface area (TPSA) is 32.7 Å². The highest BCUT2D eigenvalue weighted by Crippen LogP contribution is 2.38. The molecule has 0 radical (unpaired) electrons. The average Bonchev–Trinajstić information content (AvgIpc) is 2.72. The minimum absolute atomic E-state index is 0.332. The molecular formula is C17H14F2N2O. The first-order chi connectivity index (χ1) is 10.4. The van der Waals surface area contributed by atoms with Crippen LogP contribution < -0.4 is 4.90 Å². The van der Waals surface area contributed by atoms with Crippen LogP contribution >= 0.6 is 0 Å². The van der Waals surface area contributed by atoms with E-state index in [9.17, 15) is 13.6 Å². The summed E-state index contributed by atoms with van der Waals surface area (Å²) < 4.78 is 26.3. The molecule has 2 aromatic carbocycles. The van der Waals surface area contributed by atoms with E-state index in [0.29, 0.717) is 17.1 Å². The fourth-order valence-corrected chi connectivity index (χ4v) is 2.79. The third kappa shape index (κ3) is 2.09. The van der Waals surface area contributed by atoms with E-state index in [1.165, 1.54) is 24.3 Å². The smallest absolute Gasteiger partial charge is 0.277 e. The number of aliphatic imine (C=N–C) groups is 1. The van der Waals surface area contributed by atoms with Crippen LogP contribution in [-0.4, -0.2) is 11.7 Å². The van der Waals surface area contributed by atoms with Crippen LogP contribution in [0.5, 0.6) is 0 Å². The van der Waals surface area contributed by atoms with E-state index in [-0.39, 0.29) is 17.5 Å². The molecule has 1 atom stereocenters. The van der Waals surface area contributed by atoms with Gasteiger partial charge >= 0.3 is 0 Å². The number of halogens is 2. The van der Waals surface area contributed by atoms with E-state index in [0.717, 1.165) is 0 Å². The van der Waals surface area contributed by atoms with Gasteiger partial charge < -0.3 is 4.90 Å². The number of rotatable bonds is 2. The highest BCUT2D eigenvalue weighted by Gasteiger charge is 2.47. The van der Waals surface area contributed by atoms with Crippen molar-refractivity contribution in [1.29, 1.82) is 0 Å². The summed E-state index contributed by atoms with van der Waals surface area (Å²) in [6.07, 6.45) is 0. The monoisotopic (exact) mass is 300 g/mol. The maximum atomic E-state index is 13.2. The molecule has 1 heterocycles. The number of carbonyl (C=O) groups is 1. The summed E-state index contributed by atoms with van der Waals surface area (Å²) in [5, 5.41) is 0. The molecule has 1 unspecified atom stereocenters. The van der Waals surface area contributed by atoms with Crippen LogP contribution in [0.2, 0.25) is 0 Å². The molecule has 0 fully saturated rings. The van der Waals surface area contributed by atoms with Crippen LogP contribution in [0.3, 0.4) is 0 Å². The first-order valence-electron chi connectivity index (χ1n) is 6.84. The van der Waals surface area contributed by atoms with E-state index in [1.807, 2.05) is 0 Å². The zero-order valence-electron chi connectivity index (χ0n) is 12.2. The Morgan fingerprint density at radius 1 is 0.955 bits per heavy atom. The molecule has 3 rings (SSSR count). The van der Waals surface area contributed by atoms with Crippen LogP contribution in [0.15, 0.2) is 53.5 Å². The maximum Gasteiger partial charge on any atom is 0.277 e. The van der Waals surface area contributed by atoms with E-state index in [1.54, 1.807) is 43.0 Å². The molecule has 0 bridgehead atoms. The summed E-state index contributed by atoms with van der Waals surface area (Å²) in [6, 6.07) is 11.6. The van der Waals surface area contributed by atoms with Crippen LogP contribution in [0.1, 0.15) is 19.4 Å². The number of hydrogen-bond donors (Lipinski definition) is 0. The first-order valence-corrected chi connectivity index (χ1v) is 6.84. The Bertz CT molecular complexity index is 753. The highest BCUT2D eigenvalue weighted by molar-refractivity contribution is 6.15. The van der Waals surface area contributed by atoms with E-state index in [4.69, 9.17) is 0 Å². The third-order valence-electron chi connectivity index (χ3n) is 3.94. The predicted molar refractivity (Wildman–Crippen MR) is 80.7 cm³/mol. The van der Waals surface area contributed by atoms with Crippen molar-refractivity contribution < 1.29 is 13.6 Å². The SMILES string of the molecule is CC1=NC(=O)C(C)(c2ccc(F)cc2)N1c1ccc(F)cc1.